The highest BCUT2D eigenvalue weighted by Gasteiger charge is 2.31. The molecule has 2 atom stereocenters. The molecule has 106 valence electrons. The van der Waals surface area contributed by atoms with Crippen molar-refractivity contribution in [3.05, 3.63) is 24.3 Å². The van der Waals surface area contributed by atoms with Gasteiger partial charge in [0.25, 0.3) is 0 Å². The summed E-state index contributed by atoms with van der Waals surface area (Å²) in [4.78, 5) is 0.271. The predicted octanol–water partition coefficient (Wildman–Crippen LogP) is 0.770. The van der Waals surface area contributed by atoms with Crippen LogP contribution in [0.2, 0.25) is 0 Å². The average Bonchev–Trinajstić information content (AvgIpc) is 2.37. The van der Waals surface area contributed by atoms with Crippen LogP contribution in [0.4, 0.5) is 5.69 Å². The molecule has 0 aromatic heterocycles. The second kappa shape index (κ2) is 5.46. The normalized spacial score (nSPS) is 25.2. The van der Waals surface area contributed by atoms with Crippen LogP contribution in [0.3, 0.4) is 0 Å². The van der Waals surface area contributed by atoms with Gasteiger partial charge in [-0.15, -0.1) is 0 Å². The molecule has 1 aromatic carbocycles. The molecular formula is C12H19N3O3S. The third-order valence-electron chi connectivity index (χ3n) is 3.04. The first kappa shape index (κ1) is 14.3. The van der Waals surface area contributed by atoms with Gasteiger partial charge in [-0.1, -0.05) is 0 Å². The van der Waals surface area contributed by atoms with Crippen LogP contribution in [0.1, 0.15) is 13.8 Å². The van der Waals surface area contributed by atoms with Gasteiger partial charge in [-0.2, -0.15) is 4.31 Å². The Morgan fingerprint density at radius 3 is 2.21 bits per heavy atom. The van der Waals surface area contributed by atoms with E-state index in [0.29, 0.717) is 18.8 Å². The molecule has 1 heterocycles. The van der Waals surface area contributed by atoms with Gasteiger partial charge in [0, 0.05) is 18.8 Å². The molecule has 2 rings (SSSR count). The maximum Gasteiger partial charge on any atom is 0.243 e. The van der Waals surface area contributed by atoms with Crippen LogP contribution >= 0.6 is 0 Å². The fourth-order valence-corrected chi connectivity index (χ4v) is 3.79. The SMILES string of the molecule is C[C@@H]1CN(S(=O)(=O)c2ccc(NN)cc2)C[C@H](C)O1. The lowest BCUT2D eigenvalue weighted by Gasteiger charge is -2.34. The fourth-order valence-electron chi connectivity index (χ4n) is 2.20. The van der Waals surface area contributed by atoms with Gasteiger partial charge >= 0.3 is 0 Å². The number of benzene rings is 1. The van der Waals surface area contributed by atoms with Crippen molar-refractivity contribution in [3.8, 4) is 0 Å². The molecule has 0 saturated carbocycles. The molecule has 0 bridgehead atoms. The van der Waals surface area contributed by atoms with Gasteiger partial charge in [0.15, 0.2) is 0 Å². The van der Waals surface area contributed by atoms with Crippen molar-refractivity contribution in [2.45, 2.75) is 31.0 Å². The van der Waals surface area contributed by atoms with E-state index in [1.54, 1.807) is 24.3 Å². The Bertz CT molecular complexity index is 520. The van der Waals surface area contributed by atoms with Gasteiger partial charge in [0.05, 0.1) is 17.1 Å². The summed E-state index contributed by atoms with van der Waals surface area (Å²) in [5, 5.41) is 0. The minimum Gasteiger partial charge on any atom is -0.373 e. The molecule has 7 heteroatoms. The van der Waals surface area contributed by atoms with Crippen LogP contribution in [0.5, 0.6) is 0 Å². The van der Waals surface area contributed by atoms with Crippen molar-refractivity contribution in [1.29, 1.82) is 0 Å². The van der Waals surface area contributed by atoms with Crippen LogP contribution in [0, 0.1) is 0 Å². The largest absolute Gasteiger partial charge is 0.373 e. The third kappa shape index (κ3) is 3.06. The Morgan fingerprint density at radius 1 is 1.21 bits per heavy atom. The molecule has 1 saturated heterocycles. The molecule has 1 aliphatic heterocycles. The van der Waals surface area contributed by atoms with E-state index in [1.807, 2.05) is 13.8 Å². The van der Waals surface area contributed by atoms with E-state index in [9.17, 15) is 8.42 Å². The summed E-state index contributed by atoms with van der Waals surface area (Å²) in [6.07, 6.45) is -0.188. The number of nitrogens with zero attached hydrogens (tertiary/aromatic N) is 1. The lowest BCUT2D eigenvalue weighted by atomic mass is 10.3. The Balaban J connectivity index is 2.25. The first-order valence-electron chi connectivity index (χ1n) is 6.16. The summed E-state index contributed by atoms with van der Waals surface area (Å²) in [6, 6.07) is 6.38. The standard InChI is InChI=1S/C12H19N3O3S/c1-9-7-15(8-10(2)18-9)19(16,17)12-5-3-11(14-13)4-6-12/h3-6,9-10,14H,7-8,13H2,1-2H3/t9-,10+. The van der Waals surface area contributed by atoms with Crippen LogP contribution in [0.15, 0.2) is 29.2 Å². The van der Waals surface area contributed by atoms with Gasteiger partial charge < -0.3 is 10.2 Å². The predicted molar refractivity (Wildman–Crippen MR) is 73.0 cm³/mol. The van der Waals surface area contributed by atoms with Crippen LogP contribution in [-0.4, -0.2) is 38.0 Å². The quantitative estimate of drug-likeness (QED) is 0.633. The monoisotopic (exact) mass is 285 g/mol. The van der Waals surface area contributed by atoms with Gasteiger partial charge in [0.2, 0.25) is 10.0 Å². The number of rotatable bonds is 3. The zero-order chi connectivity index (χ0) is 14.0. The maximum atomic E-state index is 12.5. The van der Waals surface area contributed by atoms with Crippen LogP contribution in [0.25, 0.3) is 0 Å². The van der Waals surface area contributed by atoms with E-state index in [2.05, 4.69) is 5.43 Å². The summed E-state index contributed by atoms with van der Waals surface area (Å²) in [5.74, 6) is 5.26. The molecule has 3 N–H and O–H groups in total. The van der Waals surface area contributed by atoms with E-state index < -0.39 is 10.0 Å². The molecule has 6 nitrogen and oxygen atoms in total. The number of ether oxygens (including phenoxy) is 1. The summed E-state index contributed by atoms with van der Waals surface area (Å²) in [5.41, 5.74) is 3.14. The van der Waals surface area contributed by atoms with Gasteiger partial charge in [-0.25, -0.2) is 8.42 Å². The number of anilines is 1. The smallest absolute Gasteiger partial charge is 0.243 e. The first-order chi connectivity index (χ1) is 8.93. The summed E-state index contributed by atoms with van der Waals surface area (Å²) >= 11 is 0. The summed E-state index contributed by atoms with van der Waals surface area (Å²) in [6.45, 7) is 4.51. The number of hydrogen-bond donors (Lipinski definition) is 2. The van der Waals surface area contributed by atoms with E-state index in [0.717, 1.165) is 0 Å². The number of sulfonamides is 1. The molecule has 0 aliphatic carbocycles. The number of morpholine rings is 1. The van der Waals surface area contributed by atoms with E-state index >= 15 is 0 Å². The third-order valence-corrected chi connectivity index (χ3v) is 4.89. The number of hydrazine groups is 1. The minimum atomic E-state index is -3.47. The number of nitrogens with one attached hydrogen (secondary N) is 1. The molecule has 0 spiro atoms. The molecule has 1 fully saturated rings. The molecule has 1 aromatic rings. The lowest BCUT2D eigenvalue weighted by Crippen LogP contribution is -2.48. The highest BCUT2D eigenvalue weighted by Crippen LogP contribution is 2.22. The number of hydrogen-bond acceptors (Lipinski definition) is 5. The van der Waals surface area contributed by atoms with Gasteiger partial charge in [0.1, 0.15) is 0 Å². The summed E-state index contributed by atoms with van der Waals surface area (Å²) in [7, 11) is -3.47. The van der Waals surface area contributed by atoms with Crippen molar-refractivity contribution in [2.75, 3.05) is 18.5 Å². The van der Waals surface area contributed by atoms with E-state index in [-0.39, 0.29) is 17.1 Å². The molecule has 0 amide bonds. The van der Waals surface area contributed by atoms with Crippen molar-refractivity contribution in [3.63, 3.8) is 0 Å². The fraction of sp³-hybridized carbons (Fsp3) is 0.500. The Labute approximate surface area is 113 Å². The minimum absolute atomic E-state index is 0.0940. The Hall–Kier alpha value is -1.15. The molecule has 19 heavy (non-hydrogen) atoms. The van der Waals surface area contributed by atoms with Gasteiger partial charge in [-0.05, 0) is 38.1 Å². The molecule has 0 unspecified atom stereocenters. The molecule has 1 aliphatic rings. The topological polar surface area (TPSA) is 84.7 Å². The molecular weight excluding hydrogens is 266 g/mol. The summed E-state index contributed by atoms with van der Waals surface area (Å²) < 4.78 is 32.0. The molecule has 0 radical (unpaired) electrons. The Kier molecular flexibility index (Phi) is 4.10. The lowest BCUT2D eigenvalue weighted by molar-refractivity contribution is -0.0440. The number of nitrogens with two attached hydrogens (primary N) is 1. The highest BCUT2D eigenvalue weighted by molar-refractivity contribution is 7.89. The van der Waals surface area contributed by atoms with Crippen molar-refractivity contribution < 1.29 is 13.2 Å². The zero-order valence-electron chi connectivity index (χ0n) is 11.0. The maximum absolute atomic E-state index is 12.5. The first-order valence-corrected chi connectivity index (χ1v) is 7.60. The van der Waals surface area contributed by atoms with Crippen LogP contribution in [-0.2, 0) is 14.8 Å². The zero-order valence-corrected chi connectivity index (χ0v) is 11.9. The average molecular weight is 285 g/mol. The van der Waals surface area contributed by atoms with Crippen molar-refractivity contribution >= 4 is 15.7 Å². The van der Waals surface area contributed by atoms with E-state index in [4.69, 9.17) is 10.6 Å². The van der Waals surface area contributed by atoms with Crippen LogP contribution < -0.4 is 11.3 Å². The van der Waals surface area contributed by atoms with Crippen molar-refractivity contribution in [2.24, 2.45) is 5.84 Å². The number of nitrogen functional groups attached to an aromatic ring is 1. The Morgan fingerprint density at radius 2 is 1.74 bits per heavy atom. The van der Waals surface area contributed by atoms with E-state index in [1.165, 1.54) is 4.31 Å². The second-order valence-electron chi connectivity index (χ2n) is 4.75. The van der Waals surface area contributed by atoms with Crippen molar-refractivity contribution in [1.82, 2.24) is 4.31 Å². The second-order valence-corrected chi connectivity index (χ2v) is 6.69. The van der Waals surface area contributed by atoms with Gasteiger partial charge in [-0.3, -0.25) is 5.84 Å². The highest BCUT2D eigenvalue weighted by atomic mass is 32.2.